The zero-order valence-electron chi connectivity index (χ0n) is 9.16. The Morgan fingerprint density at radius 2 is 2.25 bits per heavy atom. The molecule has 1 atom stereocenters. The van der Waals surface area contributed by atoms with Crippen LogP contribution in [0.2, 0.25) is 0 Å². The van der Waals surface area contributed by atoms with E-state index in [9.17, 15) is 9.90 Å². The lowest BCUT2D eigenvalue weighted by Crippen LogP contribution is -2.31. The molecule has 0 heterocycles. The molecule has 0 aliphatic rings. The molecule has 1 aromatic carbocycles. The Labute approximate surface area is 103 Å². The Bertz CT molecular complexity index is 406. The second-order valence-electron chi connectivity index (χ2n) is 3.53. The van der Waals surface area contributed by atoms with Crippen LogP contribution in [-0.4, -0.2) is 17.1 Å². The quantitative estimate of drug-likeness (QED) is 0.882. The minimum atomic E-state index is -0.717. The summed E-state index contributed by atoms with van der Waals surface area (Å²) < 4.78 is 6.28. The number of aryl methyl sites for hydroxylation is 1. The smallest absolute Gasteiger partial charge is 0.258 e. The number of amides is 1. The number of carbonyl (C=O) groups is 1. The number of nitrogens with two attached hydrogens (primary N) is 1. The molecule has 0 aliphatic carbocycles. The molecule has 16 heavy (non-hydrogen) atoms. The van der Waals surface area contributed by atoms with Gasteiger partial charge in [0, 0.05) is 10.0 Å². The van der Waals surface area contributed by atoms with Crippen molar-refractivity contribution in [2.24, 2.45) is 5.73 Å². The van der Waals surface area contributed by atoms with Gasteiger partial charge in [0.2, 0.25) is 0 Å². The molecule has 1 rings (SSSR count). The first-order valence-corrected chi connectivity index (χ1v) is 5.61. The lowest BCUT2D eigenvalue weighted by molar-refractivity contribution is -0.124. The summed E-state index contributed by atoms with van der Waals surface area (Å²) >= 11 is 3.32. The minimum Gasteiger partial charge on any atom is -0.480 e. The van der Waals surface area contributed by atoms with E-state index in [1.807, 2.05) is 13.0 Å². The lowest BCUT2D eigenvalue weighted by Gasteiger charge is -2.16. The summed E-state index contributed by atoms with van der Waals surface area (Å²) in [5.41, 5.74) is 6.58. The maximum absolute atomic E-state index is 10.9. The third-order valence-corrected chi connectivity index (χ3v) is 2.64. The number of carbonyl (C=O) groups excluding carboxylic acids is 1. The van der Waals surface area contributed by atoms with E-state index in [0.717, 1.165) is 10.0 Å². The summed E-state index contributed by atoms with van der Waals surface area (Å²) in [7, 11) is 0. The number of hydrogen-bond acceptors (Lipinski definition) is 3. The van der Waals surface area contributed by atoms with Crippen LogP contribution >= 0.6 is 15.9 Å². The van der Waals surface area contributed by atoms with Crippen molar-refractivity contribution < 1.29 is 14.6 Å². The summed E-state index contributed by atoms with van der Waals surface area (Å²) in [4.78, 5) is 10.9. The van der Waals surface area contributed by atoms with Gasteiger partial charge in [0.1, 0.15) is 5.75 Å². The van der Waals surface area contributed by atoms with Crippen LogP contribution in [0.25, 0.3) is 0 Å². The van der Waals surface area contributed by atoms with Crippen molar-refractivity contribution in [1.29, 1.82) is 0 Å². The van der Waals surface area contributed by atoms with Crippen molar-refractivity contribution in [3.63, 3.8) is 0 Å². The maximum Gasteiger partial charge on any atom is 0.258 e. The molecule has 88 valence electrons. The van der Waals surface area contributed by atoms with Crippen molar-refractivity contribution in [1.82, 2.24) is 0 Å². The van der Waals surface area contributed by atoms with Gasteiger partial charge in [-0.25, -0.2) is 0 Å². The second-order valence-corrected chi connectivity index (χ2v) is 4.45. The van der Waals surface area contributed by atoms with E-state index < -0.39 is 12.0 Å². The van der Waals surface area contributed by atoms with Crippen LogP contribution in [0.5, 0.6) is 5.75 Å². The van der Waals surface area contributed by atoms with Gasteiger partial charge >= 0.3 is 0 Å². The molecule has 4 nitrogen and oxygen atoms in total. The number of rotatable bonds is 4. The Kier molecular flexibility index (Phi) is 4.32. The Morgan fingerprint density at radius 1 is 1.62 bits per heavy atom. The highest BCUT2D eigenvalue weighted by Gasteiger charge is 2.15. The molecule has 0 fully saturated rings. The zero-order chi connectivity index (χ0) is 12.3. The fourth-order valence-electron chi connectivity index (χ4n) is 1.32. The summed E-state index contributed by atoms with van der Waals surface area (Å²) in [6, 6.07) is 3.60. The first-order chi connectivity index (χ1) is 7.45. The number of benzene rings is 1. The summed E-state index contributed by atoms with van der Waals surface area (Å²) in [6.07, 6.45) is -0.717. The van der Waals surface area contributed by atoms with Crippen molar-refractivity contribution >= 4 is 21.8 Å². The van der Waals surface area contributed by atoms with Gasteiger partial charge in [-0.05, 0) is 31.5 Å². The van der Waals surface area contributed by atoms with Gasteiger partial charge in [0.25, 0.3) is 5.91 Å². The van der Waals surface area contributed by atoms with Gasteiger partial charge in [-0.3, -0.25) is 4.79 Å². The highest BCUT2D eigenvalue weighted by molar-refractivity contribution is 9.10. The first kappa shape index (κ1) is 13.0. The molecule has 0 saturated carbocycles. The van der Waals surface area contributed by atoms with Crippen LogP contribution in [0.4, 0.5) is 0 Å². The number of hydrogen-bond donors (Lipinski definition) is 2. The highest BCUT2D eigenvalue weighted by atomic mass is 79.9. The molecule has 0 bridgehead atoms. The third kappa shape index (κ3) is 2.96. The van der Waals surface area contributed by atoms with E-state index >= 15 is 0 Å². The minimum absolute atomic E-state index is 0.152. The molecule has 0 aliphatic heterocycles. The van der Waals surface area contributed by atoms with Crippen molar-refractivity contribution in [3.05, 3.63) is 27.7 Å². The van der Waals surface area contributed by atoms with Crippen LogP contribution in [0.1, 0.15) is 18.1 Å². The van der Waals surface area contributed by atoms with E-state index in [1.165, 1.54) is 0 Å². The molecular weight excluding hydrogens is 274 g/mol. The first-order valence-electron chi connectivity index (χ1n) is 4.81. The van der Waals surface area contributed by atoms with Gasteiger partial charge in [0.05, 0.1) is 6.61 Å². The van der Waals surface area contributed by atoms with Crippen molar-refractivity contribution in [2.45, 2.75) is 26.6 Å². The number of aliphatic hydroxyl groups excluding tert-OH is 1. The zero-order valence-corrected chi connectivity index (χ0v) is 10.7. The van der Waals surface area contributed by atoms with Crippen LogP contribution in [-0.2, 0) is 11.4 Å². The fourth-order valence-corrected chi connectivity index (χ4v) is 1.94. The largest absolute Gasteiger partial charge is 0.480 e. The van der Waals surface area contributed by atoms with Gasteiger partial charge in [-0.2, -0.15) is 0 Å². The maximum atomic E-state index is 10.9. The monoisotopic (exact) mass is 287 g/mol. The van der Waals surface area contributed by atoms with Crippen molar-refractivity contribution in [3.8, 4) is 5.75 Å². The SMILES string of the molecule is Cc1cc(Br)cc(CO)c1OC(C)C(N)=O. The predicted octanol–water partition coefficient (Wildman–Crippen LogP) is 1.50. The van der Waals surface area contributed by atoms with Gasteiger partial charge < -0.3 is 15.6 Å². The summed E-state index contributed by atoms with van der Waals surface area (Å²) in [5.74, 6) is -0.0248. The number of halogens is 1. The van der Waals surface area contributed by atoms with Crippen LogP contribution in [0.3, 0.4) is 0 Å². The topological polar surface area (TPSA) is 72.6 Å². The molecule has 3 N–H and O–H groups in total. The fraction of sp³-hybridized carbons (Fsp3) is 0.364. The molecular formula is C11H14BrNO3. The second kappa shape index (κ2) is 5.32. The van der Waals surface area contributed by atoms with E-state index in [0.29, 0.717) is 11.3 Å². The van der Waals surface area contributed by atoms with E-state index in [1.54, 1.807) is 13.0 Å². The number of aliphatic hydroxyl groups is 1. The lowest BCUT2D eigenvalue weighted by atomic mass is 10.1. The predicted molar refractivity (Wildman–Crippen MR) is 64.1 cm³/mol. The molecule has 0 radical (unpaired) electrons. The molecule has 0 aromatic heterocycles. The highest BCUT2D eigenvalue weighted by Crippen LogP contribution is 2.28. The molecule has 5 heteroatoms. The molecule has 1 amide bonds. The summed E-state index contributed by atoms with van der Waals surface area (Å²) in [5, 5.41) is 9.20. The summed E-state index contributed by atoms with van der Waals surface area (Å²) in [6.45, 7) is 3.26. The van der Waals surface area contributed by atoms with Gasteiger partial charge in [-0.15, -0.1) is 0 Å². The van der Waals surface area contributed by atoms with Crippen LogP contribution < -0.4 is 10.5 Å². The third-order valence-electron chi connectivity index (χ3n) is 2.18. The standard InChI is InChI=1S/C11H14BrNO3/c1-6-3-9(12)4-8(5-14)10(6)16-7(2)11(13)15/h3-4,7,14H,5H2,1-2H3,(H2,13,15). The van der Waals surface area contributed by atoms with E-state index in [4.69, 9.17) is 10.5 Å². The molecule has 1 aromatic rings. The van der Waals surface area contributed by atoms with E-state index in [-0.39, 0.29) is 6.61 Å². The Morgan fingerprint density at radius 3 is 2.75 bits per heavy atom. The number of primary amides is 1. The van der Waals surface area contributed by atoms with Crippen LogP contribution in [0, 0.1) is 6.92 Å². The number of ether oxygens (including phenoxy) is 1. The van der Waals surface area contributed by atoms with E-state index in [2.05, 4.69) is 15.9 Å². The van der Waals surface area contributed by atoms with Gasteiger partial charge in [-0.1, -0.05) is 15.9 Å². The Balaban J connectivity index is 3.07. The normalized spacial score (nSPS) is 12.2. The average molecular weight is 288 g/mol. The van der Waals surface area contributed by atoms with Gasteiger partial charge in [0.15, 0.2) is 6.10 Å². The Hall–Kier alpha value is -1.07. The molecule has 0 spiro atoms. The average Bonchev–Trinajstić information content (AvgIpc) is 2.21. The van der Waals surface area contributed by atoms with Crippen LogP contribution in [0.15, 0.2) is 16.6 Å². The van der Waals surface area contributed by atoms with Crippen molar-refractivity contribution in [2.75, 3.05) is 0 Å². The molecule has 1 unspecified atom stereocenters. The molecule has 0 saturated heterocycles.